The zero-order chi connectivity index (χ0) is 17.8. The van der Waals surface area contributed by atoms with Gasteiger partial charge in [-0.3, -0.25) is 14.4 Å². The van der Waals surface area contributed by atoms with Crippen molar-refractivity contribution in [2.75, 3.05) is 5.32 Å². The van der Waals surface area contributed by atoms with Crippen LogP contribution in [0, 0.1) is 5.92 Å². The number of ether oxygens (including phenoxy) is 1. The highest BCUT2D eigenvalue weighted by atomic mass is 16.5. The third-order valence-corrected chi connectivity index (χ3v) is 4.30. The minimum atomic E-state index is -0.387. The van der Waals surface area contributed by atoms with E-state index in [0.717, 1.165) is 11.3 Å². The van der Waals surface area contributed by atoms with Gasteiger partial charge in [-0.1, -0.05) is 18.2 Å². The minimum absolute atomic E-state index is 0.0403. The summed E-state index contributed by atoms with van der Waals surface area (Å²) in [6, 6.07) is 14.1. The van der Waals surface area contributed by atoms with Crippen LogP contribution in [0.3, 0.4) is 0 Å². The van der Waals surface area contributed by atoms with Gasteiger partial charge in [-0.2, -0.15) is 0 Å². The fourth-order valence-electron chi connectivity index (χ4n) is 2.88. The van der Waals surface area contributed by atoms with Crippen molar-refractivity contribution in [1.29, 1.82) is 0 Å². The first kappa shape index (κ1) is 16.9. The van der Waals surface area contributed by atoms with Gasteiger partial charge in [-0.15, -0.1) is 0 Å². The van der Waals surface area contributed by atoms with Gasteiger partial charge >= 0.3 is 5.97 Å². The first-order valence-electron chi connectivity index (χ1n) is 8.23. The van der Waals surface area contributed by atoms with Gasteiger partial charge in [0.15, 0.2) is 5.78 Å². The highest BCUT2D eigenvalue weighted by molar-refractivity contribution is 5.96. The molecule has 0 saturated carbocycles. The maximum absolute atomic E-state index is 12.1. The molecule has 2 aromatic carbocycles. The summed E-state index contributed by atoms with van der Waals surface area (Å²) in [6.07, 6.45) is 1.22. The van der Waals surface area contributed by atoms with Crippen LogP contribution in [-0.2, 0) is 16.0 Å². The molecular weight excluding hydrogens is 318 g/mol. The smallest absolute Gasteiger partial charge is 0.311 e. The molecule has 128 valence electrons. The number of esters is 1. The number of carbonyl (C=O) groups is 3. The molecule has 1 atom stereocenters. The Hall–Kier alpha value is -2.95. The first-order valence-corrected chi connectivity index (χ1v) is 8.23. The highest BCUT2D eigenvalue weighted by Gasteiger charge is 2.26. The van der Waals surface area contributed by atoms with Crippen LogP contribution in [0.5, 0.6) is 5.75 Å². The Kier molecular flexibility index (Phi) is 4.93. The second-order valence-electron chi connectivity index (χ2n) is 6.14. The first-order chi connectivity index (χ1) is 12.0. The van der Waals surface area contributed by atoms with E-state index in [1.54, 1.807) is 24.3 Å². The van der Waals surface area contributed by atoms with E-state index in [0.29, 0.717) is 24.2 Å². The summed E-state index contributed by atoms with van der Waals surface area (Å²) < 4.78 is 5.26. The molecular formula is C20H19NO4. The van der Waals surface area contributed by atoms with E-state index in [2.05, 4.69) is 5.32 Å². The number of nitrogens with one attached hydrogen (secondary N) is 1. The van der Waals surface area contributed by atoms with Crippen molar-refractivity contribution in [3.63, 3.8) is 0 Å². The van der Waals surface area contributed by atoms with E-state index in [1.165, 1.54) is 6.92 Å². The average molecular weight is 337 g/mol. The third kappa shape index (κ3) is 4.12. The van der Waals surface area contributed by atoms with Crippen molar-refractivity contribution < 1.29 is 19.1 Å². The lowest BCUT2D eigenvalue weighted by Crippen LogP contribution is -2.30. The van der Waals surface area contributed by atoms with Gasteiger partial charge in [0, 0.05) is 23.6 Å². The van der Waals surface area contributed by atoms with Crippen LogP contribution < -0.4 is 10.1 Å². The zero-order valence-electron chi connectivity index (χ0n) is 14.0. The quantitative estimate of drug-likeness (QED) is 0.516. The summed E-state index contributed by atoms with van der Waals surface area (Å²) in [5, 5.41) is 2.88. The average Bonchev–Trinajstić information content (AvgIpc) is 2.60. The van der Waals surface area contributed by atoms with E-state index in [9.17, 15) is 14.4 Å². The van der Waals surface area contributed by atoms with Gasteiger partial charge in [0.1, 0.15) is 5.75 Å². The van der Waals surface area contributed by atoms with Gasteiger partial charge in [0.25, 0.3) is 0 Å². The van der Waals surface area contributed by atoms with Crippen LogP contribution in [0.25, 0.3) is 0 Å². The molecule has 1 aliphatic rings. The molecule has 1 amide bonds. The maximum atomic E-state index is 12.1. The predicted octanol–water partition coefficient (Wildman–Crippen LogP) is 3.39. The van der Waals surface area contributed by atoms with Gasteiger partial charge in [-0.25, -0.2) is 0 Å². The monoisotopic (exact) mass is 337 g/mol. The number of hydrogen-bond acceptors (Lipinski definition) is 4. The molecule has 5 heteroatoms. The number of amides is 1. The highest BCUT2D eigenvalue weighted by Crippen LogP contribution is 2.27. The number of carbonyl (C=O) groups excluding carboxylic acids is 3. The van der Waals surface area contributed by atoms with Crippen LogP contribution >= 0.6 is 0 Å². The summed E-state index contributed by atoms with van der Waals surface area (Å²) in [5.74, 6) is -0.322. The Morgan fingerprint density at radius 1 is 1.12 bits per heavy atom. The number of rotatable bonds is 5. The fourth-order valence-corrected chi connectivity index (χ4v) is 2.88. The van der Waals surface area contributed by atoms with Crippen LogP contribution in [0.2, 0.25) is 0 Å². The molecule has 0 aliphatic carbocycles. The lowest BCUT2D eigenvalue weighted by molar-refractivity contribution is -0.134. The van der Waals surface area contributed by atoms with Crippen molar-refractivity contribution in [1.82, 2.24) is 0 Å². The van der Waals surface area contributed by atoms with E-state index < -0.39 is 0 Å². The normalized spacial score (nSPS) is 15.9. The standard InChI is InChI=1S/C20H19NO4/c1-13(22)14-6-9-17(10-7-14)25-19(23)11-8-16-12-15-4-2-3-5-18(15)21-20(16)24/h2-7,9-10,16H,8,11-12H2,1H3,(H,21,24). The van der Waals surface area contributed by atoms with Crippen LogP contribution in [-0.4, -0.2) is 17.7 Å². The predicted molar refractivity (Wildman–Crippen MR) is 93.6 cm³/mol. The van der Waals surface area contributed by atoms with Gasteiger partial charge < -0.3 is 10.1 Å². The molecule has 0 spiro atoms. The Balaban J connectivity index is 1.54. The molecule has 0 bridgehead atoms. The molecule has 3 rings (SSSR count). The van der Waals surface area contributed by atoms with Crippen LogP contribution in [0.15, 0.2) is 48.5 Å². The molecule has 0 saturated heterocycles. The number of benzene rings is 2. The Morgan fingerprint density at radius 3 is 2.56 bits per heavy atom. The molecule has 1 unspecified atom stereocenters. The van der Waals surface area contributed by atoms with Crippen molar-refractivity contribution in [2.24, 2.45) is 5.92 Å². The number of para-hydroxylation sites is 1. The van der Waals surface area contributed by atoms with Gasteiger partial charge in [0.2, 0.25) is 5.91 Å². The minimum Gasteiger partial charge on any atom is -0.427 e. The molecule has 1 N–H and O–H groups in total. The van der Waals surface area contributed by atoms with E-state index in [-0.39, 0.29) is 30.0 Å². The molecule has 1 heterocycles. The third-order valence-electron chi connectivity index (χ3n) is 4.30. The van der Waals surface area contributed by atoms with E-state index in [4.69, 9.17) is 4.74 Å². The molecule has 1 aliphatic heterocycles. The number of anilines is 1. The summed E-state index contributed by atoms with van der Waals surface area (Å²) in [4.78, 5) is 35.4. The molecule has 0 fully saturated rings. The number of fused-ring (bicyclic) bond motifs is 1. The molecule has 25 heavy (non-hydrogen) atoms. The van der Waals surface area contributed by atoms with Crippen molar-refractivity contribution in [3.8, 4) is 5.75 Å². The number of Topliss-reactive ketones (excluding diaryl/α,β-unsaturated/α-hetero) is 1. The Morgan fingerprint density at radius 2 is 1.84 bits per heavy atom. The summed E-state index contributed by atoms with van der Waals surface area (Å²) >= 11 is 0. The van der Waals surface area contributed by atoms with Crippen molar-refractivity contribution >= 4 is 23.3 Å². The van der Waals surface area contributed by atoms with Crippen LogP contribution in [0.4, 0.5) is 5.69 Å². The summed E-state index contributed by atoms with van der Waals surface area (Å²) in [7, 11) is 0. The largest absolute Gasteiger partial charge is 0.427 e. The van der Waals surface area contributed by atoms with Gasteiger partial charge in [-0.05, 0) is 55.7 Å². The Labute approximate surface area is 146 Å². The SMILES string of the molecule is CC(=O)c1ccc(OC(=O)CCC2Cc3ccccc3NC2=O)cc1. The molecule has 0 radical (unpaired) electrons. The van der Waals surface area contributed by atoms with E-state index >= 15 is 0 Å². The maximum Gasteiger partial charge on any atom is 0.311 e. The van der Waals surface area contributed by atoms with Gasteiger partial charge in [0.05, 0.1) is 0 Å². The lowest BCUT2D eigenvalue weighted by Gasteiger charge is -2.24. The summed E-state index contributed by atoms with van der Waals surface area (Å²) in [6.45, 7) is 1.48. The second kappa shape index (κ2) is 7.30. The number of ketones is 1. The fraction of sp³-hybridized carbons (Fsp3) is 0.250. The van der Waals surface area contributed by atoms with E-state index in [1.807, 2.05) is 24.3 Å². The summed E-state index contributed by atoms with van der Waals surface area (Å²) in [5.41, 5.74) is 2.49. The van der Waals surface area contributed by atoms with Crippen molar-refractivity contribution in [2.45, 2.75) is 26.2 Å². The molecule has 5 nitrogen and oxygen atoms in total. The molecule has 2 aromatic rings. The number of hydrogen-bond donors (Lipinski definition) is 1. The zero-order valence-corrected chi connectivity index (χ0v) is 14.0. The Bertz CT molecular complexity index is 811. The lowest BCUT2D eigenvalue weighted by atomic mass is 9.90. The van der Waals surface area contributed by atoms with Crippen molar-refractivity contribution in [3.05, 3.63) is 59.7 Å². The van der Waals surface area contributed by atoms with Crippen LogP contribution in [0.1, 0.15) is 35.7 Å². The second-order valence-corrected chi connectivity index (χ2v) is 6.14. The topological polar surface area (TPSA) is 72.5 Å². The molecule has 0 aromatic heterocycles.